The Morgan fingerprint density at radius 2 is 2.22 bits per heavy atom. The summed E-state index contributed by atoms with van der Waals surface area (Å²) < 4.78 is 0. The van der Waals surface area contributed by atoms with Crippen LogP contribution in [0.1, 0.15) is 37.3 Å². The third kappa shape index (κ3) is 1.80. The van der Waals surface area contributed by atoms with E-state index in [0.29, 0.717) is 24.4 Å². The van der Waals surface area contributed by atoms with E-state index in [0.717, 1.165) is 17.5 Å². The number of hydrogen-bond acceptors (Lipinski definition) is 4. The first-order chi connectivity index (χ1) is 8.51. The minimum atomic E-state index is -0.829. The fraction of sp³-hybridized carbons (Fsp3) is 0.643. The first-order valence-corrected chi connectivity index (χ1v) is 6.71. The Morgan fingerprint density at radius 3 is 2.83 bits per heavy atom. The summed E-state index contributed by atoms with van der Waals surface area (Å²) in [5.41, 5.74) is 7.02. The van der Waals surface area contributed by atoms with Gasteiger partial charge in [-0.25, -0.2) is 4.98 Å². The van der Waals surface area contributed by atoms with Gasteiger partial charge >= 0.3 is 0 Å². The molecule has 1 aromatic heterocycles. The van der Waals surface area contributed by atoms with Crippen molar-refractivity contribution in [3.8, 4) is 0 Å². The van der Waals surface area contributed by atoms with Gasteiger partial charge in [-0.1, -0.05) is 0 Å². The molecule has 2 atom stereocenters. The second-order valence-electron chi connectivity index (χ2n) is 5.88. The maximum atomic E-state index is 11.0. The number of aliphatic hydroxyl groups is 1. The van der Waals surface area contributed by atoms with Crippen molar-refractivity contribution in [3.05, 3.63) is 23.4 Å². The van der Waals surface area contributed by atoms with Crippen LogP contribution in [-0.2, 0) is 5.60 Å². The van der Waals surface area contributed by atoms with Gasteiger partial charge in [-0.3, -0.25) is 4.90 Å². The minimum absolute atomic E-state index is 0.418. The third-order valence-electron chi connectivity index (χ3n) is 4.31. The van der Waals surface area contributed by atoms with E-state index in [1.807, 2.05) is 13.0 Å². The zero-order valence-corrected chi connectivity index (χ0v) is 11.1. The number of aromatic nitrogens is 1. The van der Waals surface area contributed by atoms with Crippen LogP contribution in [0.3, 0.4) is 0 Å². The normalized spacial score (nSPS) is 32.9. The predicted molar refractivity (Wildman–Crippen MR) is 71.1 cm³/mol. The average molecular weight is 247 g/mol. The lowest BCUT2D eigenvalue weighted by molar-refractivity contribution is 0.0450. The Kier molecular flexibility index (Phi) is 2.61. The van der Waals surface area contributed by atoms with Gasteiger partial charge in [0.1, 0.15) is 11.4 Å². The molecule has 1 aromatic rings. The molecule has 18 heavy (non-hydrogen) atoms. The van der Waals surface area contributed by atoms with E-state index in [1.165, 1.54) is 12.8 Å². The molecule has 2 aliphatic rings. The van der Waals surface area contributed by atoms with Crippen LogP contribution >= 0.6 is 0 Å². The lowest BCUT2D eigenvalue weighted by Crippen LogP contribution is -2.34. The minimum Gasteiger partial charge on any atom is -0.384 e. The van der Waals surface area contributed by atoms with Gasteiger partial charge in [-0.15, -0.1) is 0 Å². The smallest absolute Gasteiger partial charge is 0.129 e. The highest BCUT2D eigenvalue weighted by Gasteiger charge is 2.48. The van der Waals surface area contributed by atoms with Crippen LogP contribution in [0, 0.1) is 6.92 Å². The number of rotatable bonds is 2. The number of nitrogens with two attached hydrogens (primary N) is 1. The molecule has 0 aromatic carbocycles. The third-order valence-corrected chi connectivity index (χ3v) is 4.31. The Labute approximate surface area is 108 Å². The van der Waals surface area contributed by atoms with Crippen LogP contribution in [0.15, 0.2) is 12.3 Å². The van der Waals surface area contributed by atoms with Crippen molar-refractivity contribution in [2.45, 2.75) is 50.8 Å². The van der Waals surface area contributed by atoms with E-state index in [4.69, 9.17) is 5.73 Å². The monoisotopic (exact) mass is 247 g/mol. The molecule has 1 aliphatic heterocycles. The van der Waals surface area contributed by atoms with E-state index < -0.39 is 5.60 Å². The zero-order chi connectivity index (χ0) is 12.9. The number of hydrogen-bond donors (Lipinski definition) is 2. The summed E-state index contributed by atoms with van der Waals surface area (Å²) in [6, 6.07) is 3.02. The molecule has 0 bridgehead atoms. The van der Waals surface area contributed by atoms with Gasteiger partial charge in [0.15, 0.2) is 0 Å². The summed E-state index contributed by atoms with van der Waals surface area (Å²) >= 11 is 0. The first-order valence-electron chi connectivity index (χ1n) is 6.71. The molecule has 0 radical (unpaired) electrons. The fourth-order valence-electron chi connectivity index (χ4n) is 3.39. The maximum Gasteiger partial charge on any atom is 0.129 e. The quantitative estimate of drug-likeness (QED) is 0.829. The first kappa shape index (κ1) is 11.9. The van der Waals surface area contributed by atoms with E-state index in [1.54, 1.807) is 6.20 Å². The second-order valence-corrected chi connectivity index (χ2v) is 5.88. The number of anilines is 1. The van der Waals surface area contributed by atoms with Crippen molar-refractivity contribution in [2.75, 3.05) is 12.3 Å². The standard InChI is InChI=1S/C14H21N3O/c1-9-5-6-16-13(15)12(9)14(18)7-10(2)17(8-14)11-3-4-11/h5-6,10-11,18H,3-4,7-8H2,1-2H3,(H2,15,16). The van der Waals surface area contributed by atoms with Gasteiger partial charge in [0.2, 0.25) is 0 Å². The van der Waals surface area contributed by atoms with Crippen LogP contribution in [0.25, 0.3) is 0 Å². The number of nitrogens with zero attached hydrogens (tertiary/aromatic N) is 2. The van der Waals surface area contributed by atoms with Crippen LogP contribution in [-0.4, -0.2) is 33.6 Å². The molecule has 0 amide bonds. The zero-order valence-electron chi connectivity index (χ0n) is 11.1. The predicted octanol–water partition coefficient (Wildman–Crippen LogP) is 1.42. The van der Waals surface area contributed by atoms with Crippen LogP contribution < -0.4 is 5.73 Å². The molecule has 2 heterocycles. The lowest BCUT2D eigenvalue weighted by atomic mass is 9.89. The summed E-state index contributed by atoms with van der Waals surface area (Å²) in [6.07, 6.45) is 4.98. The molecule has 98 valence electrons. The highest BCUT2D eigenvalue weighted by molar-refractivity contribution is 5.48. The molecule has 2 fully saturated rings. The number of pyridine rings is 1. The molecule has 3 rings (SSSR count). The van der Waals surface area contributed by atoms with Crippen LogP contribution in [0.5, 0.6) is 0 Å². The Bertz CT molecular complexity index is 452. The fourth-order valence-corrected chi connectivity index (χ4v) is 3.39. The molecule has 1 aliphatic carbocycles. The number of β-amino-alcohol motifs (C(OH)–C–C–N with tert-alkyl or cyclic N) is 1. The SMILES string of the molecule is Cc1ccnc(N)c1C1(O)CC(C)N(C2CC2)C1. The van der Waals surface area contributed by atoms with E-state index in [2.05, 4.69) is 16.8 Å². The topological polar surface area (TPSA) is 62.4 Å². The Balaban J connectivity index is 1.95. The van der Waals surface area contributed by atoms with E-state index >= 15 is 0 Å². The van der Waals surface area contributed by atoms with Gasteiger partial charge in [-0.05, 0) is 44.7 Å². The molecule has 3 N–H and O–H groups in total. The number of nitrogen functional groups attached to an aromatic ring is 1. The molecular formula is C14H21N3O. The highest BCUT2D eigenvalue weighted by Crippen LogP contribution is 2.43. The summed E-state index contributed by atoms with van der Waals surface area (Å²) in [5.74, 6) is 0.474. The summed E-state index contributed by atoms with van der Waals surface area (Å²) in [4.78, 5) is 6.56. The number of aryl methyl sites for hydroxylation is 1. The second kappa shape index (κ2) is 3.93. The molecule has 4 heteroatoms. The average Bonchev–Trinajstić information content (AvgIpc) is 3.05. The van der Waals surface area contributed by atoms with Gasteiger partial charge in [0.05, 0.1) is 0 Å². The summed E-state index contributed by atoms with van der Waals surface area (Å²) in [5, 5.41) is 11.0. The molecule has 0 spiro atoms. The highest BCUT2D eigenvalue weighted by atomic mass is 16.3. The van der Waals surface area contributed by atoms with Crippen molar-refractivity contribution in [2.24, 2.45) is 0 Å². The van der Waals surface area contributed by atoms with Gasteiger partial charge < -0.3 is 10.8 Å². The van der Waals surface area contributed by atoms with Crippen molar-refractivity contribution in [1.29, 1.82) is 0 Å². The van der Waals surface area contributed by atoms with Crippen molar-refractivity contribution < 1.29 is 5.11 Å². The van der Waals surface area contributed by atoms with Gasteiger partial charge in [0.25, 0.3) is 0 Å². The summed E-state index contributed by atoms with van der Waals surface area (Å²) in [7, 11) is 0. The molecule has 4 nitrogen and oxygen atoms in total. The van der Waals surface area contributed by atoms with Gasteiger partial charge in [0, 0.05) is 30.4 Å². The van der Waals surface area contributed by atoms with Crippen LogP contribution in [0.4, 0.5) is 5.82 Å². The van der Waals surface area contributed by atoms with E-state index in [-0.39, 0.29) is 0 Å². The van der Waals surface area contributed by atoms with Crippen molar-refractivity contribution in [3.63, 3.8) is 0 Å². The summed E-state index contributed by atoms with van der Waals surface area (Å²) in [6.45, 7) is 4.88. The molecule has 2 unspecified atom stereocenters. The Morgan fingerprint density at radius 1 is 1.50 bits per heavy atom. The largest absolute Gasteiger partial charge is 0.384 e. The Hall–Kier alpha value is -1.13. The van der Waals surface area contributed by atoms with Crippen LogP contribution in [0.2, 0.25) is 0 Å². The van der Waals surface area contributed by atoms with Crippen molar-refractivity contribution >= 4 is 5.82 Å². The molecular weight excluding hydrogens is 226 g/mol. The van der Waals surface area contributed by atoms with Gasteiger partial charge in [-0.2, -0.15) is 0 Å². The number of likely N-dealkylation sites (tertiary alicyclic amines) is 1. The molecule has 1 saturated heterocycles. The lowest BCUT2D eigenvalue weighted by Gasteiger charge is -2.26. The molecule has 1 saturated carbocycles. The van der Waals surface area contributed by atoms with E-state index in [9.17, 15) is 5.11 Å². The van der Waals surface area contributed by atoms with Crippen molar-refractivity contribution in [1.82, 2.24) is 9.88 Å². The maximum absolute atomic E-state index is 11.0.